The molecule has 0 saturated heterocycles. The molecule has 2 rings (SSSR count). The van der Waals surface area contributed by atoms with Gasteiger partial charge in [0.05, 0.1) is 11.4 Å². The third kappa shape index (κ3) is 3.59. The molecule has 0 unspecified atom stereocenters. The van der Waals surface area contributed by atoms with Crippen LogP contribution in [-0.4, -0.2) is 18.2 Å². The van der Waals surface area contributed by atoms with E-state index in [1.54, 1.807) is 4.68 Å². The second-order valence-corrected chi connectivity index (χ2v) is 6.05. The highest BCUT2D eigenvalue weighted by Gasteiger charge is 2.17. The Balaban J connectivity index is 2.28. The molecule has 1 aromatic carbocycles. The minimum atomic E-state index is -4.06. The molecule has 6 nitrogen and oxygen atoms in total. The summed E-state index contributed by atoms with van der Waals surface area (Å²) in [6.45, 7) is 4.56. The standard InChI is InChI=1S/C13H16FN3O3S/c1-3-17-11(6-9(2)16-17)8-20-12-5-4-10(14)7-13(12)21(15,18)19/h4-7H,3,8H2,1-2H3,(H2,15,18,19). The SMILES string of the molecule is CCn1nc(C)cc1COc1ccc(F)cc1S(N)(=O)=O. The summed E-state index contributed by atoms with van der Waals surface area (Å²) in [5.41, 5.74) is 1.63. The average molecular weight is 313 g/mol. The number of hydrogen-bond acceptors (Lipinski definition) is 4. The number of ether oxygens (including phenoxy) is 1. The summed E-state index contributed by atoms with van der Waals surface area (Å²) in [5, 5.41) is 9.32. The number of nitrogens with zero attached hydrogens (tertiary/aromatic N) is 2. The van der Waals surface area contributed by atoms with E-state index in [0.717, 1.165) is 23.5 Å². The summed E-state index contributed by atoms with van der Waals surface area (Å²) in [4.78, 5) is -0.373. The predicted molar refractivity (Wildman–Crippen MR) is 74.7 cm³/mol. The first-order chi connectivity index (χ1) is 9.81. The lowest BCUT2D eigenvalue weighted by atomic mass is 10.3. The second kappa shape index (κ2) is 5.82. The van der Waals surface area contributed by atoms with Crippen molar-refractivity contribution in [1.29, 1.82) is 0 Å². The van der Waals surface area contributed by atoms with E-state index in [0.29, 0.717) is 6.54 Å². The molecule has 2 N–H and O–H groups in total. The first-order valence-electron chi connectivity index (χ1n) is 6.29. The molecule has 0 atom stereocenters. The zero-order valence-corrected chi connectivity index (χ0v) is 12.5. The first kappa shape index (κ1) is 15.5. The van der Waals surface area contributed by atoms with Crippen LogP contribution in [0.2, 0.25) is 0 Å². The lowest BCUT2D eigenvalue weighted by Crippen LogP contribution is -2.15. The Morgan fingerprint density at radius 3 is 2.71 bits per heavy atom. The van der Waals surface area contributed by atoms with Crippen molar-refractivity contribution < 1.29 is 17.5 Å². The van der Waals surface area contributed by atoms with Crippen LogP contribution in [-0.2, 0) is 23.2 Å². The maximum absolute atomic E-state index is 13.2. The summed E-state index contributed by atoms with van der Waals surface area (Å²) < 4.78 is 43.3. The number of aromatic nitrogens is 2. The Labute approximate surface area is 122 Å². The maximum atomic E-state index is 13.2. The molecular weight excluding hydrogens is 297 g/mol. The molecule has 0 spiro atoms. The van der Waals surface area contributed by atoms with Crippen LogP contribution in [0.25, 0.3) is 0 Å². The lowest BCUT2D eigenvalue weighted by Gasteiger charge is -2.11. The fourth-order valence-corrected chi connectivity index (χ4v) is 2.65. The molecule has 2 aromatic rings. The summed E-state index contributed by atoms with van der Waals surface area (Å²) in [5.74, 6) is -0.679. The third-order valence-corrected chi connectivity index (χ3v) is 3.80. The van der Waals surface area contributed by atoms with Crippen molar-refractivity contribution in [3.63, 3.8) is 0 Å². The summed E-state index contributed by atoms with van der Waals surface area (Å²) in [6, 6.07) is 5.04. The Morgan fingerprint density at radius 1 is 1.38 bits per heavy atom. The van der Waals surface area contributed by atoms with Gasteiger partial charge in [0.2, 0.25) is 10.0 Å². The van der Waals surface area contributed by atoms with Crippen LogP contribution in [0.15, 0.2) is 29.2 Å². The fourth-order valence-electron chi connectivity index (χ4n) is 1.96. The van der Waals surface area contributed by atoms with Crippen molar-refractivity contribution >= 4 is 10.0 Å². The van der Waals surface area contributed by atoms with E-state index in [1.165, 1.54) is 6.07 Å². The van der Waals surface area contributed by atoms with E-state index < -0.39 is 15.8 Å². The van der Waals surface area contributed by atoms with E-state index >= 15 is 0 Å². The Morgan fingerprint density at radius 2 is 2.10 bits per heavy atom. The minimum absolute atomic E-state index is 0.0143. The molecule has 0 bridgehead atoms. The number of halogens is 1. The molecule has 114 valence electrons. The van der Waals surface area contributed by atoms with Crippen molar-refractivity contribution in [2.75, 3.05) is 0 Å². The van der Waals surface area contributed by atoms with Gasteiger partial charge in [-0.25, -0.2) is 17.9 Å². The van der Waals surface area contributed by atoms with Gasteiger partial charge in [0.25, 0.3) is 0 Å². The molecule has 0 aliphatic carbocycles. The molecule has 1 aromatic heterocycles. The van der Waals surface area contributed by atoms with Crippen molar-refractivity contribution in [2.24, 2.45) is 5.14 Å². The number of primary sulfonamides is 1. The van der Waals surface area contributed by atoms with E-state index in [-0.39, 0.29) is 17.3 Å². The van der Waals surface area contributed by atoms with Gasteiger partial charge in [-0.3, -0.25) is 4.68 Å². The number of hydrogen-bond donors (Lipinski definition) is 1. The van der Waals surface area contributed by atoms with E-state index in [4.69, 9.17) is 9.88 Å². The topological polar surface area (TPSA) is 87.2 Å². The molecule has 0 aliphatic heterocycles. The van der Waals surface area contributed by atoms with Crippen LogP contribution in [0.3, 0.4) is 0 Å². The minimum Gasteiger partial charge on any atom is -0.486 e. The number of nitrogens with two attached hydrogens (primary N) is 1. The van der Waals surface area contributed by atoms with Gasteiger partial charge in [-0.2, -0.15) is 5.10 Å². The van der Waals surface area contributed by atoms with E-state index in [1.807, 2.05) is 19.9 Å². The molecule has 0 amide bonds. The van der Waals surface area contributed by atoms with Crippen molar-refractivity contribution in [3.05, 3.63) is 41.5 Å². The van der Waals surface area contributed by atoms with Crippen LogP contribution < -0.4 is 9.88 Å². The number of aryl methyl sites for hydroxylation is 2. The highest BCUT2D eigenvalue weighted by molar-refractivity contribution is 7.89. The zero-order chi connectivity index (χ0) is 15.6. The highest BCUT2D eigenvalue weighted by atomic mass is 32.2. The van der Waals surface area contributed by atoms with Gasteiger partial charge >= 0.3 is 0 Å². The predicted octanol–water partition coefficient (Wildman–Crippen LogP) is 1.58. The van der Waals surface area contributed by atoms with Gasteiger partial charge in [-0.05, 0) is 38.1 Å². The lowest BCUT2D eigenvalue weighted by molar-refractivity contribution is 0.284. The Hall–Kier alpha value is -1.93. The van der Waals surface area contributed by atoms with Crippen LogP contribution in [0, 0.1) is 12.7 Å². The molecular formula is C13H16FN3O3S. The maximum Gasteiger partial charge on any atom is 0.241 e. The number of benzene rings is 1. The molecule has 0 radical (unpaired) electrons. The van der Waals surface area contributed by atoms with Gasteiger partial charge in [-0.15, -0.1) is 0 Å². The summed E-state index contributed by atoms with van der Waals surface area (Å²) in [7, 11) is -4.06. The van der Waals surface area contributed by atoms with Gasteiger partial charge < -0.3 is 4.74 Å². The normalized spacial score (nSPS) is 11.6. The van der Waals surface area contributed by atoms with Crippen molar-refractivity contribution in [3.8, 4) is 5.75 Å². The fraction of sp³-hybridized carbons (Fsp3) is 0.308. The Kier molecular flexibility index (Phi) is 4.29. The second-order valence-electron chi connectivity index (χ2n) is 4.52. The number of rotatable bonds is 5. The smallest absolute Gasteiger partial charge is 0.241 e. The molecule has 1 heterocycles. The molecule has 0 aliphatic rings. The summed E-state index contributed by atoms with van der Waals surface area (Å²) >= 11 is 0. The molecule has 8 heteroatoms. The van der Waals surface area contributed by atoms with Crippen LogP contribution >= 0.6 is 0 Å². The third-order valence-electron chi connectivity index (χ3n) is 2.87. The largest absolute Gasteiger partial charge is 0.486 e. The van der Waals surface area contributed by atoms with Gasteiger partial charge in [0, 0.05) is 6.54 Å². The highest BCUT2D eigenvalue weighted by Crippen LogP contribution is 2.24. The first-order valence-corrected chi connectivity index (χ1v) is 7.84. The quantitative estimate of drug-likeness (QED) is 0.908. The Bertz CT molecular complexity index is 756. The molecule has 0 fully saturated rings. The van der Waals surface area contributed by atoms with E-state index in [2.05, 4.69) is 5.10 Å². The number of sulfonamides is 1. The molecule has 0 saturated carbocycles. The van der Waals surface area contributed by atoms with Gasteiger partial charge in [0.1, 0.15) is 23.1 Å². The van der Waals surface area contributed by atoms with Crippen LogP contribution in [0.4, 0.5) is 4.39 Å². The molecule has 21 heavy (non-hydrogen) atoms. The van der Waals surface area contributed by atoms with Crippen LogP contribution in [0.1, 0.15) is 18.3 Å². The van der Waals surface area contributed by atoms with Crippen molar-refractivity contribution in [2.45, 2.75) is 31.9 Å². The van der Waals surface area contributed by atoms with Crippen LogP contribution in [0.5, 0.6) is 5.75 Å². The summed E-state index contributed by atoms with van der Waals surface area (Å²) in [6.07, 6.45) is 0. The van der Waals surface area contributed by atoms with Crippen molar-refractivity contribution in [1.82, 2.24) is 9.78 Å². The van der Waals surface area contributed by atoms with Gasteiger partial charge in [-0.1, -0.05) is 0 Å². The van der Waals surface area contributed by atoms with Gasteiger partial charge in [0.15, 0.2) is 0 Å². The monoisotopic (exact) mass is 313 g/mol. The zero-order valence-electron chi connectivity index (χ0n) is 11.7. The van der Waals surface area contributed by atoms with E-state index in [9.17, 15) is 12.8 Å². The average Bonchev–Trinajstić information content (AvgIpc) is 2.76.